The first-order valence-corrected chi connectivity index (χ1v) is 21.7. The van der Waals surface area contributed by atoms with E-state index in [4.69, 9.17) is 4.74 Å². The number of phenols is 1. The van der Waals surface area contributed by atoms with Crippen LogP contribution in [-0.2, 0) is 33.7 Å². The van der Waals surface area contributed by atoms with E-state index in [2.05, 4.69) is 32.7 Å². The maximum atomic E-state index is 13.1. The normalized spacial score (nSPS) is 13.6. The summed E-state index contributed by atoms with van der Waals surface area (Å²) in [6, 6.07) is 39.4. The molecule has 2 heterocycles. The highest BCUT2D eigenvalue weighted by Gasteiger charge is 2.24. The number of phenolic OH excluding ortho intramolecular Hbond substituents is 1. The number of pyridine rings is 1. The minimum atomic E-state index is -0.716. The minimum Gasteiger partial charge on any atom is -0.506 e. The number of ether oxygens (including phenoxy) is 1. The van der Waals surface area contributed by atoms with Crippen molar-refractivity contribution in [3.63, 3.8) is 0 Å². The summed E-state index contributed by atoms with van der Waals surface area (Å²) in [6.45, 7) is 2.50. The Morgan fingerprint density at radius 1 is 0.825 bits per heavy atom. The van der Waals surface area contributed by atoms with Crippen LogP contribution in [0.5, 0.6) is 5.75 Å². The lowest BCUT2D eigenvalue weighted by Gasteiger charge is -2.31. The molecule has 6 aromatic rings. The van der Waals surface area contributed by atoms with Crippen LogP contribution >= 0.6 is 0 Å². The third kappa shape index (κ3) is 12.2. The van der Waals surface area contributed by atoms with Crippen molar-refractivity contribution in [1.82, 2.24) is 15.2 Å². The molecule has 1 saturated heterocycles. The molecule has 1 aliphatic rings. The van der Waals surface area contributed by atoms with Crippen LogP contribution in [-0.4, -0.2) is 70.8 Å². The van der Waals surface area contributed by atoms with E-state index in [-0.39, 0.29) is 35.6 Å². The van der Waals surface area contributed by atoms with Crippen LogP contribution in [0.4, 0.5) is 16.2 Å². The zero-order valence-corrected chi connectivity index (χ0v) is 35.6. The van der Waals surface area contributed by atoms with E-state index < -0.39 is 12.2 Å². The lowest BCUT2D eigenvalue weighted by Crippen LogP contribution is -2.40. The minimum absolute atomic E-state index is 0.0000227. The summed E-state index contributed by atoms with van der Waals surface area (Å²) < 4.78 is 5.77. The Morgan fingerprint density at radius 3 is 2.29 bits per heavy atom. The molecule has 0 unspecified atom stereocenters. The molecule has 3 amide bonds. The van der Waals surface area contributed by atoms with Crippen molar-refractivity contribution < 1.29 is 29.3 Å². The highest BCUT2D eigenvalue weighted by atomic mass is 16.6. The fourth-order valence-electron chi connectivity index (χ4n) is 8.05. The first-order chi connectivity index (χ1) is 30.6. The predicted molar refractivity (Wildman–Crippen MR) is 247 cm³/mol. The van der Waals surface area contributed by atoms with E-state index in [1.54, 1.807) is 24.1 Å². The van der Waals surface area contributed by atoms with Gasteiger partial charge in [-0.05, 0) is 90.3 Å². The van der Waals surface area contributed by atoms with Gasteiger partial charge in [0.05, 0.1) is 23.7 Å². The van der Waals surface area contributed by atoms with Crippen LogP contribution in [0.25, 0.3) is 22.0 Å². The molecule has 0 aliphatic carbocycles. The van der Waals surface area contributed by atoms with E-state index in [9.17, 15) is 29.4 Å². The Hall–Kier alpha value is -6.76. The van der Waals surface area contributed by atoms with Crippen LogP contribution < -0.4 is 21.1 Å². The number of carbonyl (C=O) groups is 3. The quantitative estimate of drug-likeness (QED) is 0.0573. The number of hydrogen-bond acceptors (Lipinski definition) is 8. The number of para-hydroxylation sites is 1. The van der Waals surface area contributed by atoms with Crippen LogP contribution in [0.1, 0.15) is 66.9 Å². The van der Waals surface area contributed by atoms with Gasteiger partial charge >= 0.3 is 6.09 Å². The molecule has 63 heavy (non-hydrogen) atoms. The molecule has 1 atom stereocenters. The van der Waals surface area contributed by atoms with Gasteiger partial charge in [-0.25, -0.2) is 4.79 Å². The summed E-state index contributed by atoms with van der Waals surface area (Å²) in [5.74, 6) is -0.117. The van der Waals surface area contributed by atoms with Gasteiger partial charge in [-0.15, -0.1) is 0 Å². The van der Waals surface area contributed by atoms with Gasteiger partial charge in [0.25, 0.3) is 0 Å². The molecule has 5 aromatic carbocycles. The highest BCUT2D eigenvalue weighted by molar-refractivity contribution is 5.93. The largest absolute Gasteiger partial charge is 0.506 e. The lowest BCUT2D eigenvalue weighted by molar-refractivity contribution is -0.120. The lowest BCUT2D eigenvalue weighted by atomic mass is 9.97. The number of fused-ring (bicyclic) bond motifs is 1. The van der Waals surface area contributed by atoms with Gasteiger partial charge in [-0.2, -0.15) is 0 Å². The molecule has 0 radical (unpaired) electrons. The van der Waals surface area contributed by atoms with Gasteiger partial charge in [0.2, 0.25) is 17.4 Å². The summed E-state index contributed by atoms with van der Waals surface area (Å²) in [5, 5.41) is 27.5. The number of piperidine rings is 1. The highest BCUT2D eigenvalue weighted by Crippen LogP contribution is 2.31. The number of aromatic nitrogens is 1. The Balaban J connectivity index is 0.766. The van der Waals surface area contributed by atoms with E-state index in [0.29, 0.717) is 60.9 Å². The van der Waals surface area contributed by atoms with E-state index in [1.165, 1.54) is 17.7 Å². The van der Waals surface area contributed by atoms with Crippen molar-refractivity contribution in [2.45, 2.75) is 70.1 Å². The molecular weight excluding hydrogens is 795 g/mol. The second-order valence-corrected chi connectivity index (χ2v) is 16.2. The average molecular weight is 850 g/mol. The van der Waals surface area contributed by atoms with Gasteiger partial charge < -0.3 is 35.1 Å². The molecule has 0 saturated carbocycles. The Labute approximate surface area is 367 Å². The van der Waals surface area contributed by atoms with Crippen LogP contribution in [0.3, 0.4) is 0 Å². The second-order valence-electron chi connectivity index (χ2n) is 16.2. The third-order valence-electron chi connectivity index (χ3n) is 11.7. The molecule has 12 nitrogen and oxygen atoms in total. The summed E-state index contributed by atoms with van der Waals surface area (Å²) in [7, 11) is 1.76. The Morgan fingerprint density at radius 2 is 1.52 bits per heavy atom. The van der Waals surface area contributed by atoms with Crippen molar-refractivity contribution in [3.8, 4) is 16.9 Å². The molecule has 1 aromatic heterocycles. The van der Waals surface area contributed by atoms with Crippen LogP contribution in [0, 0.1) is 0 Å². The summed E-state index contributed by atoms with van der Waals surface area (Å²) in [5.41, 5.74) is 7.13. The van der Waals surface area contributed by atoms with Crippen molar-refractivity contribution in [2.75, 3.05) is 36.9 Å². The number of aromatic amines is 1. The molecule has 0 spiro atoms. The van der Waals surface area contributed by atoms with Gasteiger partial charge in [0.15, 0.2) is 0 Å². The van der Waals surface area contributed by atoms with Crippen molar-refractivity contribution >= 4 is 40.2 Å². The number of aromatic hydroxyl groups is 1. The van der Waals surface area contributed by atoms with Crippen molar-refractivity contribution in [3.05, 3.63) is 160 Å². The summed E-state index contributed by atoms with van der Waals surface area (Å²) in [6.07, 6.45) is 3.69. The van der Waals surface area contributed by atoms with Gasteiger partial charge in [-0.3, -0.25) is 19.7 Å². The number of nitrogens with zero attached hydrogens (tertiary/aromatic N) is 2. The fraction of sp³-hybridized carbons (Fsp3) is 0.294. The second kappa shape index (κ2) is 21.4. The van der Waals surface area contributed by atoms with E-state index in [0.717, 1.165) is 60.3 Å². The number of anilines is 2. The predicted octanol–water partition coefficient (Wildman–Crippen LogP) is 8.27. The monoisotopic (exact) mass is 849 g/mol. The fourth-order valence-corrected chi connectivity index (χ4v) is 8.05. The van der Waals surface area contributed by atoms with E-state index in [1.807, 2.05) is 91.0 Å². The third-order valence-corrected chi connectivity index (χ3v) is 11.7. The molecule has 326 valence electrons. The molecule has 1 aliphatic heterocycles. The zero-order chi connectivity index (χ0) is 44.1. The number of nitrogens with one attached hydrogen (secondary N) is 3. The number of aliphatic hydroxyl groups excluding tert-OH is 1. The number of hydrogen-bond donors (Lipinski definition) is 5. The number of amides is 3. The number of likely N-dealkylation sites (tertiary alicyclic amines) is 1. The zero-order valence-electron chi connectivity index (χ0n) is 35.6. The maximum Gasteiger partial charge on any atom is 0.411 e. The average Bonchev–Trinajstić information content (AvgIpc) is 3.30. The Kier molecular flexibility index (Phi) is 15.0. The molecular formula is C51H55N5O7. The number of rotatable bonds is 17. The smallest absolute Gasteiger partial charge is 0.411 e. The number of H-pyrrole nitrogens is 1. The summed E-state index contributed by atoms with van der Waals surface area (Å²) >= 11 is 0. The first kappa shape index (κ1) is 44.3. The van der Waals surface area contributed by atoms with Gasteiger partial charge in [0.1, 0.15) is 11.9 Å². The van der Waals surface area contributed by atoms with E-state index >= 15 is 0 Å². The molecule has 5 N–H and O–H groups in total. The number of aliphatic hydroxyl groups is 1. The SMILES string of the molecule is CN(C(=O)CCN1CCC(OC(=O)Nc2ccccc2-c2ccccc2)CC1)c1ccc(CC(=O)NCc2ccc(CCCC[C@H](O)c3ccc(O)c4[nH]c(=O)ccc34)cc2)cc1. The maximum absolute atomic E-state index is 13.1. The van der Waals surface area contributed by atoms with Crippen molar-refractivity contribution in [2.24, 2.45) is 0 Å². The summed E-state index contributed by atoms with van der Waals surface area (Å²) in [4.78, 5) is 57.0. The number of benzene rings is 5. The topological polar surface area (TPSA) is 164 Å². The number of carbonyl (C=O) groups excluding carboxylic acids is 3. The van der Waals surface area contributed by atoms with Crippen molar-refractivity contribution in [1.29, 1.82) is 0 Å². The number of unbranched alkanes of at least 4 members (excludes halogenated alkanes) is 1. The molecule has 1 fully saturated rings. The standard InChI is InChI=1S/C51H55N5O7/c1-55(49(61)29-32-56-30-27-40(28-31-56)63-51(62)53-44-13-7-6-12-41(44)38-10-3-2-4-11-38)39-21-19-36(20-22-39)33-48(60)52-34-37-17-15-35(16-18-37)9-5-8-14-45(57)42-23-25-46(58)50-43(42)24-26-47(59)54-50/h2-4,6-7,10-13,15-26,40,45,57-58H,5,8-9,14,27-34H2,1H3,(H,52,60)(H,53,62)(H,54,59)/t45-/m0/s1. The van der Waals surface area contributed by atoms with Gasteiger partial charge in [-0.1, -0.05) is 97.4 Å². The number of aryl methyl sites for hydroxylation is 1. The molecule has 0 bridgehead atoms. The van der Waals surface area contributed by atoms with Gasteiger partial charge in [0, 0.05) is 62.4 Å². The van der Waals surface area contributed by atoms with Crippen LogP contribution in [0.2, 0.25) is 0 Å². The molecule has 7 rings (SSSR count). The van der Waals surface area contributed by atoms with Crippen LogP contribution in [0.15, 0.2) is 132 Å². The Bertz CT molecular complexity index is 2540. The first-order valence-electron chi connectivity index (χ1n) is 21.7. The molecule has 12 heteroatoms.